The van der Waals surface area contributed by atoms with Gasteiger partial charge in [-0.25, -0.2) is 4.98 Å². The average molecular weight is 402 g/mol. The molecule has 0 radical (unpaired) electrons. The molecule has 0 aliphatic rings. The number of methoxy groups -OCH3 is 1. The predicted molar refractivity (Wildman–Crippen MR) is 113 cm³/mol. The van der Waals surface area contributed by atoms with Gasteiger partial charge in [-0.15, -0.1) is 0 Å². The normalized spacial score (nSPS) is 11.6. The third kappa shape index (κ3) is 5.26. The molecule has 1 amide bonds. The van der Waals surface area contributed by atoms with E-state index in [2.05, 4.69) is 10.3 Å². The number of nitrogens with one attached hydrogen (secondary N) is 1. The molecule has 0 saturated heterocycles. The maximum absolute atomic E-state index is 12.4. The number of imidazole rings is 1. The third-order valence-electron chi connectivity index (χ3n) is 4.44. The molecule has 7 nitrogen and oxygen atoms in total. The summed E-state index contributed by atoms with van der Waals surface area (Å²) in [6.45, 7) is 1.87. The Hall–Kier alpha value is -4.05. The van der Waals surface area contributed by atoms with Crippen molar-refractivity contribution in [1.82, 2.24) is 14.9 Å². The van der Waals surface area contributed by atoms with Crippen molar-refractivity contribution in [2.45, 2.75) is 13.0 Å². The second-order valence-corrected chi connectivity index (χ2v) is 6.49. The SMILES string of the molecule is COc1cc(C=CC(=O)NC(C)c2cccc(-n3ccnc3)c2)ccc1OCC#N. The Kier molecular flexibility index (Phi) is 6.85. The molecule has 3 aromatic rings. The van der Waals surface area contributed by atoms with Gasteiger partial charge < -0.3 is 19.4 Å². The summed E-state index contributed by atoms with van der Waals surface area (Å²) in [4.78, 5) is 16.4. The van der Waals surface area contributed by atoms with Crippen LogP contribution in [0.15, 0.2) is 67.3 Å². The third-order valence-corrected chi connectivity index (χ3v) is 4.44. The van der Waals surface area contributed by atoms with Gasteiger partial charge in [-0.05, 0) is 48.4 Å². The van der Waals surface area contributed by atoms with Gasteiger partial charge in [-0.3, -0.25) is 4.79 Å². The van der Waals surface area contributed by atoms with Crippen molar-refractivity contribution in [2.75, 3.05) is 13.7 Å². The molecule has 1 unspecified atom stereocenters. The molecule has 0 bridgehead atoms. The Morgan fingerprint density at radius 2 is 2.17 bits per heavy atom. The van der Waals surface area contributed by atoms with Crippen molar-refractivity contribution in [3.63, 3.8) is 0 Å². The first-order valence-corrected chi connectivity index (χ1v) is 9.35. The number of nitrogens with zero attached hydrogens (tertiary/aromatic N) is 3. The van der Waals surface area contributed by atoms with Gasteiger partial charge in [0, 0.05) is 24.2 Å². The molecule has 2 aromatic carbocycles. The highest BCUT2D eigenvalue weighted by atomic mass is 16.5. The van der Waals surface area contributed by atoms with Crippen LogP contribution in [-0.2, 0) is 4.79 Å². The van der Waals surface area contributed by atoms with Crippen LogP contribution in [0, 0.1) is 11.3 Å². The summed E-state index contributed by atoms with van der Waals surface area (Å²) in [6, 6.07) is 14.9. The molecular weight excluding hydrogens is 380 g/mol. The molecule has 152 valence electrons. The first kappa shape index (κ1) is 20.7. The van der Waals surface area contributed by atoms with E-state index >= 15 is 0 Å². The van der Waals surface area contributed by atoms with Crippen LogP contribution < -0.4 is 14.8 Å². The highest BCUT2D eigenvalue weighted by Gasteiger charge is 2.09. The van der Waals surface area contributed by atoms with E-state index in [0.29, 0.717) is 11.5 Å². The van der Waals surface area contributed by atoms with Crippen LogP contribution in [0.3, 0.4) is 0 Å². The molecule has 0 aliphatic carbocycles. The number of hydrogen-bond donors (Lipinski definition) is 1. The molecular formula is C23H22N4O3. The largest absolute Gasteiger partial charge is 0.493 e. The van der Waals surface area contributed by atoms with Crippen molar-refractivity contribution in [3.05, 3.63) is 78.4 Å². The van der Waals surface area contributed by atoms with E-state index < -0.39 is 0 Å². The number of aromatic nitrogens is 2. The molecule has 0 aliphatic heterocycles. The van der Waals surface area contributed by atoms with Gasteiger partial charge in [-0.2, -0.15) is 5.26 Å². The molecule has 1 heterocycles. The molecule has 1 N–H and O–H groups in total. The van der Waals surface area contributed by atoms with E-state index in [0.717, 1.165) is 16.8 Å². The Morgan fingerprint density at radius 1 is 1.30 bits per heavy atom. The highest BCUT2D eigenvalue weighted by Crippen LogP contribution is 2.28. The van der Waals surface area contributed by atoms with Gasteiger partial charge in [0.25, 0.3) is 0 Å². The summed E-state index contributed by atoms with van der Waals surface area (Å²) in [6.07, 6.45) is 8.49. The average Bonchev–Trinajstić information content (AvgIpc) is 3.31. The lowest BCUT2D eigenvalue weighted by atomic mass is 10.1. The number of hydrogen-bond acceptors (Lipinski definition) is 5. The van der Waals surface area contributed by atoms with Gasteiger partial charge in [-0.1, -0.05) is 18.2 Å². The minimum atomic E-state index is -0.209. The zero-order valence-corrected chi connectivity index (χ0v) is 16.8. The Bertz CT molecular complexity index is 1070. The summed E-state index contributed by atoms with van der Waals surface area (Å²) >= 11 is 0. The van der Waals surface area contributed by atoms with E-state index in [9.17, 15) is 4.79 Å². The van der Waals surface area contributed by atoms with Crippen LogP contribution in [0.1, 0.15) is 24.1 Å². The van der Waals surface area contributed by atoms with E-state index in [-0.39, 0.29) is 18.6 Å². The number of benzene rings is 2. The van der Waals surface area contributed by atoms with Crippen LogP contribution in [0.4, 0.5) is 0 Å². The zero-order chi connectivity index (χ0) is 21.3. The molecule has 30 heavy (non-hydrogen) atoms. The molecule has 7 heteroatoms. The highest BCUT2D eigenvalue weighted by molar-refractivity contribution is 5.92. The molecule has 0 fully saturated rings. The minimum Gasteiger partial charge on any atom is -0.493 e. The Labute approximate surface area is 175 Å². The van der Waals surface area contributed by atoms with E-state index in [1.807, 2.05) is 48.0 Å². The monoisotopic (exact) mass is 402 g/mol. The summed E-state index contributed by atoms with van der Waals surface area (Å²) in [5.74, 6) is 0.767. The molecule has 3 rings (SSSR count). The molecule has 0 spiro atoms. The molecule has 0 saturated carbocycles. The lowest BCUT2D eigenvalue weighted by Crippen LogP contribution is -2.24. The summed E-state index contributed by atoms with van der Waals surface area (Å²) < 4.78 is 12.5. The number of amides is 1. The van der Waals surface area contributed by atoms with Crippen molar-refractivity contribution >= 4 is 12.0 Å². The first-order chi connectivity index (χ1) is 14.6. The van der Waals surface area contributed by atoms with Crippen LogP contribution in [0.5, 0.6) is 11.5 Å². The van der Waals surface area contributed by atoms with Crippen molar-refractivity contribution in [3.8, 4) is 23.3 Å². The zero-order valence-electron chi connectivity index (χ0n) is 16.8. The standard InChI is InChI=1S/C23H22N4O3/c1-17(19-4-3-5-20(15-19)27-12-11-25-16-27)26-23(28)9-7-18-6-8-21(30-13-10-24)22(14-18)29-2/h3-9,11-12,14-17H,13H2,1-2H3,(H,26,28). The maximum atomic E-state index is 12.4. The minimum absolute atomic E-state index is 0.0616. The number of nitriles is 1. The van der Waals surface area contributed by atoms with Crippen LogP contribution in [-0.4, -0.2) is 29.2 Å². The quantitative estimate of drug-likeness (QED) is 0.581. The van der Waals surface area contributed by atoms with E-state index in [1.54, 1.807) is 36.8 Å². The lowest BCUT2D eigenvalue weighted by Gasteiger charge is -2.14. The van der Waals surface area contributed by atoms with Crippen molar-refractivity contribution in [2.24, 2.45) is 0 Å². The number of carbonyl (C=O) groups excluding carboxylic acids is 1. The van der Waals surface area contributed by atoms with Gasteiger partial charge in [0.15, 0.2) is 18.1 Å². The topological polar surface area (TPSA) is 89.2 Å². The number of carbonyl (C=O) groups is 1. The fraction of sp³-hybridized carbons (Fsp3) is 0.174. The van der Waals surface area contributed by atoms with E-state index in [1.165, 1.54) is 13.2 Å². The van der Waals surface area contributed by atoms with E-state index in [4.69, 9.17) is 14.7 Å². The Balaban J connectivity index is 1.64. The molecule has 1 atom stereocenters. The predicted octanol–water partition coefficient (Wildman–Crippen LogP) is 3.67. The lowest BCUT2D eigenvalue weighted by molar-refractivity contribution is -0.117. The van der Waals surface area contributed by atoms with Gasteiger partial charge >= 0.3 is 0 Å². The van der Waals surface area contributed by atoms with Crippen molar-refractivity contribution < 1.29 is 14.3 Å². The van der Waals surface area contributed by atoms with Crippen LogP contribution in [0.25, 0.3) is 11.8 Å². The summed E-state index contributed by atoms with van der Waals surface area (Å²) in [5, 5.41) is 11.6. The fourth-order valence-electron chi connectivity index (χ4n) is 2.90. The second kappa shape index (κ2) is 9.94. The van der Waals surface area contributed by atoms with Crippen LogP contribution in [0.2, 0.25) is 0 Å². The smallest absolute Gasteiger partial charge is 0.244 e. The Morgan fingerprint density at radius 3 is 2.90 bits per heavy atom. The van der Waals surface area contributed by atoms with Gasteiger partial charge in [0.2, 0.25) is 5.91 Å². The van der Waals surface area contributed by atoms with Crippen molar-refractivity contribution in [1.29, 1.82) is 5.26 Å². The number of ether oxygens (including phenoxy) is 2. The van der Waals surface area contributed by atoms with Crippen LogP contribution >= 0.6 is 0 Å². The fourth-order valence-corrected chi connectivity index (χ4v) is 2.90. The second-order valence-electron chi connectivity index (χ2n) is 6.49. The maximum Gasteiger partial charge on any atom is 0.244 e. The first-order valence-electron chi connectivity index (χ1n) is 9.35. The van der Waals surface area contributed by atoms with Gasteiger partial charge in [0.05, 0.1) is 19.5 Å². The molecule has 1 aromatic heterocycles. The summed E-state index contributed by atoms with van der Waals surface area (Å²) in [5.41, 5.74) is 2.75. The number of rotatable bonds is 8. The van der Waals surface area contributed by atoms with Gasteiger partial charge in [0.1, 0.15) is 6.07 Å². The summed E-state index contributed by atoms with van der Waals surface area (Å²) in [7, 11) is 1.52.